The van der Waals surface area contributed by atoms with E-state index in [0.29, 0.717) is 22.7 Å². The summed E-state index contributed by atoms with van der Waals surface area (Å²) in [6.45, 7) is 9.52. The topological polar surface area (TPSA) is 105 Å². The van der Waals surface area contributed by atoms with E-state index < -0.39 is 22.1 Å². The molecule has 0 radical (unpaired) electrons. The summed E-state index contributed by atoms with van der Waals surface area (Å²) < 4.78 is 27.6. The number of carbonyl (C=O) groups is 1. The van der Waals surface area contributed by atoms with Crippen LogP contribution in [0.1, 0.15) is 63.1 Å². The number of nitroso groups, excluding NO2 is 1. The zero-order valence-corrected chi connectivity index (χ0v) is 19.8. The van der Waals surface area contributed by atoms with Crippen LogP contribution in [0.25, 0.3) is 0 Å². The van der Waals surface area contributed by atoms with Crippen molar-refractivity contribution in [3.8, 4) is 0 Å². The van der Waals surface area contributed by atoms with Gasteiger partial charge in [0.05, 0.1) is 10.9 Å². The van der Waals surface area contributed by atoms with Gasteiger partial charge in [0.1, 0.15) is 0 Å². The molecule has 0 spiro atoms. The van der Waals surface area contributed by atoms with Crippen LogP contribution in [-0.4, -0.2) is 20.5 Å². The predicted octanol–water partition coefficient (Wildman–Crippen LogP) is 5.79. The van der Waals surface area contributed by atoms with Crippen LogP contribution in [-0.2, 0) is 16.4 Å². The van der Waals surface area contributed by atoms with E-state index in [4.69, 9.17) is 11.6 Å². The van der Waals surface area contributed by atoms with Gasteiger partial charge in [0.25, 0.3) is 10.0 Å². The summed E-state index contributed by atoms with van der Waals surface area (Å²) in [5.41, 5.74) is 2.83. The minimum absolute atomic E-state index is 0.0632. The van der Waals surface area contributed by atoms with Gasteiger partial charge >= 0.3 is 6.03 Å². The van der Waals surface area contributed by atoms with Crippen LogP contribution in [0.15, 0.2) is 46.5 Å². The molecule has 1 unspecified atom stereocenters. The number of urea groups is 1. The molecular weight excluding hydrogens is 438 g/mol. The maximum atomic E-state index is 12.8. The van der Waals surface area contributed by atoms with Crippen molar-refractivity contribution in [3.05, 3.63) is 63.0 Å². The van der Waals surface area contributed by atoms with E-state index >= 15 is 0 Å². The number of hydrogen-bond acceptors (Lipinski definition) is 5. The molecule has 0 aliphatic carbocycles. The van der Waals surface area contributed by atoms with Crippen LogP contribution in [0.5, 0.6) is 0 Å². The predicted molar refractivity (Wildman–Crippen MR) is 124 cm³/mol. The monoisotopic (exact) mass is 465 g/mol. The summed E-state index contributed by atoms with van der Waals surface area (Å²) >= 11 is 6.24. The van der Waals surface area contributed by atoms with Gasteiger partial charge in [-0.25, -0.2) is 17.9 Å². The lowest BCUT2D eigenvalue weighted by Gasteiger charge is -2.21. The fourth-order valence-electron chi connectivity index (χ4n) is 3.24. The maximum Gasteiger partial charge on any atom is 0.333 e. The van der Waals surface area contributed by atoms with Gasteiger partial charge in [0, 0.05) is 10.7 Å². The lowest BCUT2D eigenvalue weighted by Crippen LogP contribution is -2.35. The van der Waals surface area contributed by atoms with Crippen molar-refractivity contribution in [1.82, 2.24) is 4.72 Å². The molecule has 7 nitrogen and oxygen atoms in total. The first-order valence-electron chi connectivity index (χ1n) is 10.0. The molecule has 9 heteroatoms. The fraction of sp³-hybridized carbons (Fsp3) is 0.409. The second-order valence-electron chi connectivity index (χ2n) is 8.13. The second-order valence-corrected chi connectivity index (χ2v) is 10.3. The van der Waals surface area contributed by atoms with Crippen molar-refractivity contribution in [1.29, 1.82) is 0 Å². The number of nitrogens with zero attached hydrogens (tertiary/aromatic N) is 1. The van der Waals surface area contributed by atoms with E-state index in [2.05, 4.69) is 15.2 Å². The average molecular weight is 466 g/mol. The van der Waals surface area contributed by atoms with Crippen LogP contribution in [0.3, 0.4) is 0 Å². The zero-order valence-electron chi connectivity index (χ0n) is 18.3. The highest BCUT2D eigenvalue weighted by Crippen LogP contribution is 2.35. The van der Waals surface area contributed by atoms with Crippen LogP contribution < -0.4 is 10.0 Å². The minimum atomic E-state index is -4.12. The maximum absolute atomic E-state index is 12.8. The van der Waals surface area contributed by atoms with Crippen LogP contribution in [0.4, 0.5) is 10.5 Å². The van der Waals surface area contributed by atoms with Gasteiger partial charge in [-0.2, -0.15) is 4.91 Å². The molecule has 168 valence electrons. The van der Waals surface area contributed by atoms with E-state index in [0.717, 1.165) is 11.1 Å². The molecule has 31 heavy (non-hydrogen) atoms. The molecule has 0 fully saturated rings. The summed E-state index contributed by atoms with van der Waals surface area (Å²) in [6.07, 6.45) is 0.305. The smallest absolute Gasteiger partial charge is 0.307 e. The number of sulfonamides is 1. The number of hydrogen-bond donors (Lipinski definition) is 2. The Bertz CT molecular complexity index is 1040. The molecule has 0 saturated carbocycles. The Hall–Kier alpha value is -2.45. The van der Waals surface area contributed by atoms with Gasteiger partial charge in [-0.15, -0.1) is 0 Å². The van der Waals surface area contributed by atoms with Crippen molar-refractivity contribution in [3.63, 3.8) is 0 Å². The number of nitrogens with one attached hydrogen (secondary N) is 2. The molecule has 2 N–H and O–H groups in total. The lowest BCUT2D eigenvalue weighted by molar-refractivity contribution is 0.256. The normalized spacial score (nSPS) is 12.6. The summed E-state index contributed by atoms with van der Waals surface area (Å²) in [5.74, 6) is 0.126. The van der Waals surface area contributed by atoms with Crippen LogP contribution in [0, 0.1) is 4.91 Å². The molecule has 2 rings (SSSR count). The Morgan fingerprint density at radius 3 is 2.13 bits per heavy atom. The Kier molecular flexibility index (Phi) is 8.20. The quantitative estimate of drug-likeness (QED) is 0.481. The van der Waals surface area contributed by atoms with Gasteiger partial charge in [-0.3, -0.25) is 0 Å². The first-order chi connectivity index (χ1) is 14.4. The highest BCUT2D eigenvalue weighted by atomic mass is 35.5. The molecule has 2 aromatic rings. The third-order valence-electron chi connectivity index (χ3n) is 4.79. The highest BCUT2D eigenvalue weighted by Gasteiger charge is 2.22. The standard InChI is InChI=1S/C22H28ClN3O4S/c1-13(2)19-11-17(23)12-20(14(3)4)21(19)24-22(27)26-31(29,30)18-8-6-7-16(10-18)9-15(5)25-28/h6-8,10-15H,9H2,1-5H3,(H2,24,26,27). The number of rotatable bonds is 8. The molecule has 0 heterocycles. The number of benzene rings is 2. The first kappa shape index (κ1) is 24.8. The lowest BCUT2D eigenvalue weighted by atomic mass is 9.92. The van der Waals surface area contributed by atoms with E-state index in [1.54, 1.807) is 31.2 Å². The minimum Gasteiger partial charge on any atom is -0.307 e. The summed E-state index contributed by atoms with van der Waals surface area (Å²) in [7, 11) is -4.12. The largest absolute Gasteiger partial charge is 0.333 e. The Morgan fingerprint density at radius 2 is 1.61 bits per heavy atom. The number of halogens is 1. The van der Waals surface area contributed by atoms with Gasteiger partial charge in [-0.05, 0) is 66.1 Å². The van der Waals surface area contributed by atoms with Crippen LogP contribution >= 0.6 is 11.6 Å². The Labute approximate surface area is 188 Å². The average Bonchev–Trinajstić information content (AvgIpc) is 2.68. The zero-order chi connectivity index (χ0) is 23.3. The number of carbonyl (C=O) groups excluding carboxylic acids is 1. The molecule has 2 amide bonds. The molecule has 1 atom stereocenters. The Balaban J connectivity index is 2.30. The Morgan fingerprint density at radius 1 is 1.03 bits per heavy atom. The van der Waals surface area contributed by atoms with E-state index in [1.165, 1.54) is 12.1 Å². The van der Waals surface area contributed by atoms with Gasteiger partial charge in [0.15, 0.2) is 0 Å². The van der Waals surface area contributed by atoms with Crippen LogP contribution in [0.2, 0.25) is 5.02 Å². The fourth-order valence-corrected chi connectivity index (χ4v) is 4.46. The van der Waals surface area contributed by atoms with E-state index in [1.807, 2.05) is 27.7 Å². The summed E-state index contributed by atoms with van der Waals surface area (Å²) in [5, 5.41) is 6.20. The van der Waals surface area contributed by atoms with Crippen molar-refractivity contribution < 1.29 is 13.2 Å². The molecule has 0 aliphatic rings. The van der Waals surface area contributed by atoms with Crippen molar-refractivity contribution >= 4 is 33.3 Å². The van der Waals surface area contributed by atoms with E-state index in [-0.39, 0.29) is 16.7 Å². The molecule has 0 aromatic heterocycles. The molecule has 0 aliphatic heterocycles. The third-order valence-corrected chi connectivity index (χ3v) is 6.34. The summed E-state index contributed by atoms with van der Waals surface area (Å²) in [6, 6.07) is 8.28. The van der Waals surface area contributed by atoms with E-state index in [9.17, 15) is 18.1 Å². The molecule has 0 saturated heterocycles. The van der Waals surface area contributed by atoms with Crippen molar-refractivity contribution in [2.45, 2.75) is 63.8 Å². The van der Waals surface area contributed by atoms with Gasteiger partial charge in [-0.1, -0.05) is 56.6 Å². The molecule has 0 bridgehead atoms. The van der Waals surface area contributed by atoms with Crippen molar-refractivity contribution in [2.75, 3.05) is 5.32 Å². The second kappa shape index (κ2) is 10.2. The van der Waals surface area contributed by atoms with Gasteiger partial charge in [0.2, 0.25) is 0 Å². The molecular formula is C22H28ClN3O4S. The summed E-state index contributed by atoms with van der Waals surface area (Å²) in [4.78, 5) is 23.2. The highest BCUT2D eigenvalue weighted by molar-refractivity contribution is 7.90. The molecule has 2 aromatic carbocycles. The third kappa shape index (κ3) is 6.51. The first-order valence-corrected chi connectivity index (χ1v) is 11.9. The van der Waals surface area contributed by atoms with Crippen molar-refractivity contribution in [2.24, 2.45) is 5.18 Å². The van der Waals surface area contributed by atoms with Gasteiger partial charge < -0.3 is 5.32 Å². The SMILES string of the molecule is CC(Cc1cccc(S(=O)(=O)NC(=O)Nc2c(C(C)C)cc(Cl)cc2C(C)C)c1)N=O. The number of anilines is 1. The number of amides is 2.